The van der Waals surface area contributed by atoms with Crippen molar-refractivity contribution in [1.82, 2.24) is 0 Å². The van der Waals surface area contributed by atoms with Crippen LogP contribution in [0.1, 0.15) is 18.4 Å². The van der Waals surface area contributed by atoms with Crippen LogP contribution in [0.3, 0.4) is 0 Å². The van der Waals surface area contributed by atoms with E-state index in [9.17, 15) is 0 Å². The van der Waals surface area contributed by atoms with Gasteiger partial charge in [0.25, 0.3) is 0 Å². The minimum absolute atomic E-state index is 0.213. The third-order valence-corrected chi connectivity index (χ3v) is 2.79. The lowest BCUT2D eigenvalue weighted by Crippen LogP contribution is -2.25. The van der Waals surface area contributed by atoms with Crippen molar-refractivity contribution < 1.29 is 4.74 Å². The van der Waals surface area contributed by atoms with E-state index in [0.29, 0.717) is 6.61 Å². The third-order valence-electron chi connectivity index (χ3n) is 2.79. The fourth-order valence-corrected chi connectivity index (χ4v) is 2.03. The van der Waals surface area contributed by atoms with Gasteiger partial charge in [-0.1, -0.05) is 48.6 Å². The molecule has 0 amide bonds. The topological polar surface area (TPSA) is 9.23 Å². The van der Waals surface area contributed by atoms with Crippen molar-refractivity contribution in [2.24, 2.45) is 0 Å². The highest BCUT2D eigenvalue weighted by Gasteiger charge is 2.32. The Balaban J connectivity index is 2.27. The van der Waals surface area contributed by atoms with Gasteiger partial charge >= 0.3 is 0 Å². The van der Waals surface area contributed by atoms with Crippen LogP contribution in [0.5, 0.6) is 0 Å². The molecule has 0 aromatic heterocycles. The fraction of sp³-hybridized carbons (Fsp3) is 0.286. The van der Waals surface area contributed by atoms with E-state index < -0.39 is 0 Å². The molecule has 1 aliphatic carbocycles. The van der Waals surface area contributed by atoms with Crippen LogP contribution >= 0.6 is 0 Å². The van der Waals surface area contributed by atoms with E-state index in [1.54, 1.807) is 6.08 Å². The fourth-order valence-electron chi connectivity index (χ4n) is 2.03. The SMILES string of the molecule is C=CCOC1(c2ccccc2)C=CCC1. The quantitative estimate of drug-likeness (QED) is 0.676. The largest absolute Gasteiger partial charge is 0.362 e. The molecule has 1 aromatic rings. The van der Waals surface area contributed by atoms with Crippen LogP contribution in [0.4, 0.5) is 0 Å². The van der Waals surface area contributed by atoms with Gasteiger partial charge in [-0.25, -0.2) is 0 Å². The summed E-state index contributed by atoms with van der Waals surface area (Å²) >= 11 is 0. The van der Waals surface area contributed by atoms with Crippen LogP contribution in [-0.4, -0.2) is 6.61 Å². The predicted octanol–water partition coefficient (Wildman–Crippen LogP) is 3.43. The van der Waals surface area contributed by atoms with Crippen LogP contribution in [0.2, 0.25) is 0 Å². The van der Waals surface area contributed by atoms with Gasteiger partial charge < -0.3 is 4.74 Å². The number of hydrogen-bond acceptors (Lipinski definition) is 1. The summed E-state index contributed by atoms with van der Waals surface area (Å²) in [4.78, 5) is 0. The highest BCUT2D eigenvalue weighted by atomic mass is 16.5. The Hall–Kier alpha value is -1.34. The molecule has 1 unspecified atom stereocenters. The Bertz CT molecular complexity index is 353. The lowest BCUT2D eigenvalue weighted by atomic mass is 9.93. The maximum absolute atomic E-state index is 5.92. The summed E-state index contributed by atoms with van der Waals surface area (Å²) < 4.78 is 5.92. The second-order valence-corrected chi connectivity index (χ2v) is 3.80. The van der Waals surface area contributed by atoms with Crippen LogP contribution in [-0.2, 0) is 10.3 Å². The Morgan fingerprint density at radius 2 is 2.13 bits per heavy atom. The monoisotopic (exact) mass is 200 g/mol. The zero-order chi connectivity index (χ0) is 10.6. The lowest BCUT2D eigenvalue weighted by molar-refractivity contribution is 0.00500. The van der Waals surface area contributed by atoms with Crippen molar-refractivity contribution in [1.29, 1.82) is 0 Å². The number of rotatable bonds is 4. The van der Waals surface area contributed by atoms with Crippen LogP contribution in [0.25, 0.3) is 0 Å². The average molecular weight is 200 g/mol. The van der Waals surface area contributed by atoms with Gasteiger partial charge in [0.2, 0.25) is 0 Å². The van der Waals surface area contributed by atoms with Gasteiger partial charge in [-0.3, -0.25) is 0 Å². The Labute approximate surface area is 91.1 Å². The molecule has 0 saturated heterocycles. The molecular weight excluding hydrogens is 184 g/mol. The minimum atomic E-state index is -0.213. The van der Waals surface area contributed by atoms with Gasteiger partial charge in [0.05, 0.1) is 6.61 Å². The van der Waals surface area contributed by atoms with E-state index in [-0.39, 0.29) is 5.60 Å². The molecule has 0 heterocycles. The van der Waals surface area contributed by atoms with Crippen LogP contribution < -0.4 is 0 Å². The van der Waals surface area contributed by atoms with Gasteiger partial charge in [0.1, 0.15) is 5.60 Å². The van der Waals surface area contributed by atoms with Crippen molar-refractivity contribution >= 4 is 0 Å². The first-order valence-corrected chi connectivity index (χ1v) is 5.35. The van der Waals surface area contributed by atoms with Crippen LogP contribution in [0.15, 0.2) is 55.1 Å². The molecule has 0 bridgehead atoms. The van der Waals surface area contributed by atoms with Gasteiger partial charge in [-0.2, -0.15) is 0 Å². The molecule has 1 heteroatoms. The van der Waals surface area contributed by atoms with E-state index >= 15 is 0 Å². The van der Waals surface area contributed by atoms with Gasteiger partial charge in [0.15, 0.2) is 0 Å². The zero-order valence-corrected chi connectivity index (χ0v) is 8.86. The molecule has 1 aromatic carbocycles. The summed E-state index contributed by atoms with van der Waals surface area (Å²) in [6, 6.07) is 10.4. The zero-order valence-electron chi connectivity index (χ0n) is 8.86. The van der Waals surface area contributed by atoms with Crippen molar-refractivity contribution in [2.45, 2.75) is 18.4 Å². The number of benzene rings is 1. The van der Waals surface area contributed by atoms with Gasteiger partial charge in [-0.05, 0) is 18.4 Å². The van der Waals surface area contributed by atoms with Crippen molar-refractivity contribution in [2.75, 3.05) is 6.61 Å². The van der Waals surface area contributed by atoms with Crippen molar-refractivity contribution in [3.8, 4) is 0 Å². The predicted molar refractivity (Wildman–Crippen MR) is 62.6 cm³/mol. The molecule has 15 heavy (non-hydrogen) atoms. The van der Waals surface area contributed by atoms with Crippen molar-refractivity contribution in [3.63, 3.8) is 0 Å². The average Bonchev–Trinajstić information content (AvgIpc) is 2.78. The maximum Gasteiger partial charge on any atom is 0.112 e. The van der Waals surface area contributed by atoms with Crippen LogP contribution in [0, 0.1) is 0 Å². The standard InChI is InChI=1S/C14H16O/c1-2-12-15-14(10-6-7-11-14)13-8-4-3-5-9-13/h2-6,8-10H,1,7,11-12H2. The highest BCUT2D eigenvalue weighted by Crippen LogP contribution is 2.36. The van der Waals surface area contributed by atoms with E-state index in [4.69, 9.17) is 4.74 Å². The first-order chi connectivity index (χ1) is 7.37. The molecule has 1 aliphatic rings. The summed E-state index contributed by atoms with van der Waals surface area (Å²) in [6.45, 7) is 4.29. The third kappa shape index (κ3) is 2.02. The molecule has 0 saturated carbocycles. The second kappa shape index (κ2) is 4.45. The Morgan fingerprint density at radius 3 is 2.73 bits per heavy atom. The first kappa shape index (κ1) is 10.2. The van der Waals surface area contributed by atoms with Gasteiger partial charge in [-0.15, -0.1) is 6.58 Å². The van der Waals surface area contributed by atoms with E-state index in [2.05, 4.69) is 43.0 Å². The lowest BCUT2D eigenvalue weighted by Gasteiger charge is -2.28. The first-order valence-electron chi connectivity index (χ1n) is 5.35. The summed E-state index contributed by atoms with van der Waals surface area (Å²) in [5.41, 5.74) is 1.02. The van der Waals surface area contributed by atoms with E-state index in [1.165, 1.54) is 5.56 Å². The molecule has 0 aliphatic heterocycles. The normalized spacial score (nSPS) is 24.3. The minimum Gasteiger partial charge on any atom is -0.362 e. The van der Waals surface area contributed by atoms with E-state index in [0.717, 1.165) is 12.8 Å². The maximum atomic E-state index is 5.92. The molecule has 78 valence electrons. The molecule has 0 N–H and O–H groups in total. The molecule has 1 atom stereocenters. The molecule has 0 fully saturated rings. The summed E-state index contributed by atoms with van der Waals surface area (Å²) in [7, 11) is 0. The smallest absolute Gasteiger partial charge is 0.112 e. The number of hydrogen-bond donors (Lipinski definition) is 0. The second-order valence-electron chi connectivity index (χ2n) is 3.80. The molecule has 0 radical (unpaired) electrons. The van der Waals surface area contributed by atoms with E-state index in [1.807, 2.05) is 6.07 Å². The Kier molecular flexibility index (Phi) is 3.02. The highest BCUT2D eigenvalue weighted by molar-refractivity contribution is 5.30. The molecule has 1 nitrogen and oxygen atoms in total. The molecular formula is C14H16O. The number of allylic oxidation sites excluding steroid dienone is 1. The number of ether oxygens (including phenoxy) is 1. The summed E-state index contributed by atoms with van der Waals surface area (Å²) in [6.07, 6.45) is 8.29. The van der Waals surface area contributed by atoms with Gasteiger partial charge in [0, 0.05) is 0 Å². The van der Waals surface area contributed by atoms with Crippen molar-refractivity contribution in [3.05, 3.63) is 60.7 Å². The summed E-state index contributed by atoms with van der Waals surface area (Å²) in [5.74, 6) is 0. The molecule has 2 rings (SSSR count). The molecule has 0 spiro atoms. The summed E-state index contributed by atoms with van der Waals surface area (Å²) in [5, 5.41) is 0. The Morgan fingerprint density at radius 1 is 1.33 bits per heavy atom.